The first-order valence-corrected chi connectivity index (χ1v) is 5.99. The van der Waals surface area contributed by atoms with E-state index >= 15 is 0 Å². The maximum absolute atomic E-state index is 11.9. The largest absolute Gasteiger partial charge is 0.324 e. The molecule has 1 amide bonds. The number of rotatable bonds is 1. The van der Waals surface area contributed by atoms with E-state index in [4.69, 9.17) is 0 Å². The minimum Gasteiger partial charge on any atom is -0.324 e. The molecule has 0 atom stereocenters. The molecular weight excluding hydrogens is 242 g/mol. The highest BCUT2D eigenvalue weighted by Crippen LogP contribution is 2.45. The number of pyridine rings is 1. The number of hydrogen-bond donors (Lipinski definition) is 1. The number of fused-ring (bicyclic) bond motifs is 2. The molecule has 86 valence electrons. The van der Waals surface area contributed by atoms with Crippen molar-refractivity contribution in [3.63, 3.8) is 0 Å². The van der Waals surface area contributed by atoms with Crippen LogP contribution in [-0.2, 0) is 10.2 Å². The average Bonchev–Trinajstić information content (AvgIpc) is 2.47. The van der Waals surface area contributed by atoms with Gasteiger partial charge in [-0.05, 0) is 17.9 Å². The molecule has 0 saturated carbocycles. The number of hydrogen-bond acceptors (Lipinski definition) is 4. The lowest BCUT2D eigenvalue weighted by Gasteiger charge is -2.44. The molecule has 0 aromatic carbocycles. The molecule has 0 bridgehead atoms. The van der Waals surface area contributed by atoms with E-state index in [0.717, 1.165) is 24.3 Å². The summed E-state index contributed by atoms with van der Waals surface area (Å²) in [6, 6.07) is 1.95. The maximum atomic E-state index is 11.9. The fourth-order valence-corrected chi connectivity index (χ4v) is 2.97. The summed E-state index contributed by atoms with van der Waals surface area (Å²) in [7, 11) is 0. The smallest absolute Gasteiger partial charge is 0.237 e. The predicted octanol–water partition coefficient (Wildman–Crippen LogP) is 0.978. The number of nitrogens with one attached hydrogen (secondary N) is 1. The second-order valence-electron chi connectivity index (χ2n) is 3.94. The van der Waals surface area contributed by atoms with Crippen molar-refractivity contribution in [1.29, 1.82) is 0 Å². The monoisotopic (exact) mass is 255 g/mol. The number of amides is 1. The first-order valence-electron chi connectivity index (χ1n) is 4.81. The quantitative estimate of drug-likeness (QED) is 0.760. The summed E-state index contributed by atoms with van der Waals surface area (Å²) in [6.45, 7) is 1.61. The van der Waals surface area contributed by atoms with Crippen LogP contribution < -0.4 is 5.32 Å². The molecule has 1 aromatic heterocycles. The van der Waals surface area contributed by atoms with Gasteiger partial charge in [0.25, 0.3) is 0 Å². The Kier molecular flexibility index (Phi) is 2.90. The van der Waals surface area contributed by atoms with Gasteiger partial charge in [-0.25, -0.2) is 4.31 Å². The van der Waals surface area contributed by atoms with E-state index in [1.807, 2.05) is 12.3 Å². The van der Waals surface area contributed by atoms with Crippen molar-refractivity contribution in [3.8, 4) is 0 Å². The zero-order valence-electron chi connectivity index (χ0n) is 8.86. The summed E-state index contributed by atoms with van der Waals surface area (Å²) in [5.74, 6) is 0.121. The van der Waals surface area contributed by atoms with E-state index in [0.29, 0.717) is 0 Å². The van der Waals surface area contributed by atoms with Gasteiger partial charge in [-0.2, -0.15) is 13.5 Å². The molecule has 6 heteroatoms. The topological polar surface area (TPSA) is 45.2 Å². The van der Waals surface area contributed by atoms with Crippen molar-refractivity contribution < 1.29 is 4.79 Å². The molecule has 16 heavy (non-hydrogen) atoms. The van der Waals surface area contributed by atoms with Gasteiger partial charge in [0.05, 0.1) is 11.9 Å². The van der Waals surface area contributed by atoms with Gasteiger partial charge in [-0.15, -0.1) is 0 Å². The first-order chi connectivity index (χ1) is 7.26. The summed E-state index contributed by atoms with van der Waals surface area (Å²) in [6.07, 6.45) is 5.51. The van der Waals surface area contributed by atoms with Crippen LogP contribution in [0.25, 0.3) is 0 Å². The summed E-state index contributed by atoms with van der Waals surface area (Å²) in [5, 5.41) is 2.90. The molecule has 2 aliphatic rings. The molecule has 0 radical (unpaired) electrons. The minimum absolute atomic E-state index is 0. The summed E-state index contributed by atoms with van der Waals surface area (Å²) in [4.78, 5) is 15.9. The summed E-state index contributed by atoms with van der Waals surface area (Å²) < 4.78 is 2.19. The van der Waals surface area contributed by atoms with Crippen LogP contribution >= 0.6 is 25.4 Å². The van der Waals surface area contributed by atoms with Crippen molar-refractivity contribution in [2.75, 3.05) is 24.7 Å². The maximum Gasteiger partial charge on any atom is 0.237 e. The molecule has 1 saturated heterocycles. The normalized spacial score (nSPS) is 20.9. The molecule has 0 aliphatic carbocycles. The molecule has 2 aliphatic heterocycles. The highest BCUT2D eigenvalue weighted by Gasteiger charge is 2.55. The Bertz CT molecular complexity index is 432. The molecule has 0 unspecified atom stereocenters. The Balaban J connectivity index is 0.000000963. The number of aromatic nitrogens is 1. The van der Waals surface area contributed by atoms with E-state index in [1.54, 1.807) is 24.3 Å². The Morgan fingerprint density at radius 3 is 3.00 bits per heavy atom. The van der Waals surface area contributed by atoms with Crippen LogP contribution in [0.1, 0.15) is 5.56 Å². The lowest BCUT2D eigenvalue weighted by molar-refractivity contribution is -0.124. The minimum atomic E-state index is -0.304. The second-order valence-corrected chi connectivity index (χ2v) is 4.82. The Morgan fingerprint density at radius 1 is 1.56 bits per heavy atom. The van der Waals surface area contributed by atoms with E-state index in [1.165, 1.54) is 0 Å². The van der Waals surface area contributed by atoms with Crippen LogP contribution in [0.3, 0.4) is 0 Å². The van der Waals surface area contributed by atoms with E-state index < -0.39 is 0 Å². The molecular formula is C10H13N3OS2. The number of anilines is 1. The van der Waals surface area contributed by atoms with Gasteiger partial charge < -0.3 is 5.32 Å². The number of carbonyl (C=O) groups is 1. The Morgan fingerprint density at radius 2 is 2.31 bits per heavy atom. The SMILES string of the molecule is CSN1CC2(C1)C(=O)Nc1cnccc12.S. The predicted molar refractivity (Wildman–Crippen MR) is 70.0 cm³/mol. The van der Waals surface area contributed by atoms with Crippen molar-refractivity contribution in [1.82, 2.24) is 9.29 Å². The molecule has 1 aromatic rings. The van der Waals surface area contributed by atoms with Crippen molar-refractivity contribution >= 4 is 37.0 Å². The Labute approximate surface area is 105 Å². The third-order valence-electron chi connectivity index (χ3n) is 3.17. The molecule has 3 heterocycles. The Hall–Kier alpha value is -0.720. The zero-order valence-corrected chi connectivity index (χ0v) is 10.7. The van der Waals surface area contributed by atoms with E-state index in [2.05, 4.69) is 14.6 Å². The fraction of sp³-hybridized carbons (Fsp3) is 0.400. The van der Waals surface area contributed by atoms with E-state index in [-0.39, 0.29) is 24.8 Å². The van der Waals surface area contributed by atoms with Gasteiger partial charge >= 0.3 is 0 Å². The van der Waals surface area contributed by atoms with Crippen LogP contribution in [0.5, 0.6) is 0 Å². The molecule has 4 nitrogen and oxygen atoms in total. The second kappa shape index (κ2) is 3.94. The molecule has 1 fully saturated rings. The van der Waals surface area contributed by atoms with Crippen molar-refractivity contribution in [3.05, 3.63) is 24.0 Å². The highest BCUT2D eigenvalue weighted by atomic mass is 32.2. The highest BCUT2D eigenvalue weighted by molar-refractivity contribution is 7.96. The molecule has 3 rings (SSSR count). The van der Waals surface area contributed by atoms with Crippen molar-refractivity contribution in [2.24, 2.45) is 0 Å². The van der Waals surface area contributed by atoms with Crippen LogP contribution in [0.4, 0.5) is 5.69 Å². The van der Waals surface area contributed by atoms with Crippen LogP contribution in [0, 0.1) is 0 Å². The number of carbonyl (C=O) groups excluding carboxylic acids is 1. The summed E-state index contributed by atoms with van der Waals surface area (Å²) in [5.41, 5.74) is 1.68. The third-order valence-corrected chi connectivity index (χ3v) is 3.94. The van der Waals surface area contributed by atoms with Crippen LogP contribution in [0.2, 0.25) is 0 Å². The standard InChI is InChI=1S/C10H11N3OS.H2S/c1-15-13-5-10(6-13)7-2-3-11-4-8(7)12-9(10)14;/h2-4H,5-6H2,1H3,(H,12,14);1H2. The van der Waals surface area contributed by atoms with Gasteiger partial charge in [-0.3, -0.25) is 9.78 Å². The van der Waals surface area contributed by atoms with Gasteiger partial charge in [0.1, 0.15) is 5.41 Å². The summed E-state index contributed by atoms with van der Waals surface area (Å²) >= 11 is 1.69. The van der Waals surface area contributed by atoms with Gasteiger partial charge in [0.2, 0.25) is 5.91 Å². The van der Waals surface area contributed by atoms with E-state index in [9.17, 15) is 4.79 Å². The molecule has 1 spiro atoms. The fourth-order valence-electron chi connectivity index (χ4n) is 2.27. The van der Waals surface area contributed by atoms with Gasteiger partial charge in [0.15, 0.2) is 0 Å². The van der Waals surface area contributed by atoms with Crippen molar-refractivity contribution in [2.45, 2.75) is 5.41 Å². The lowest BCUT2D eigenvalue weighted by atomic mass is 9.76. The molecule has 1 N–H and O–H groups in total. The van der Waals surface area contributed by atoms with Gasteiger partial charge in [-0.1, -0.05) is 11.9 Å². The number of nitrogens with zero attached hydrogens (tertiary/aromatic N) is 2. The zero-order chi connectivity index (χ0) is 10.5. The lowest BCUT2D eigenvalue weighted by Crippen LogP contribution is -2.59. The van der Waals surface area contributed by atoms with Gasteiger partial charge in [0, 0.05) is 19.3 Å². The average molecular weight is 255 g/mol. The first kappa shape index (κ1) is 11.8. The van der Waals surface area contributed by atoms with Crippen LogP contribution in [-0.4, -0.2) is 34.5 Å². The van der Waals surface area contributed by atoms with Crippen LogP contribution in [0.15, 0.2) is 18.5 Å². The third kappa shape index (κ3) is 1.37.